The van der Waals surface area contributed by atoms with Gasteiger partial charge in [0.25, 0.3) is 0 Å². The van der Waals surface area contributed by atoms with E-state index in [-0.39, 0.29) is 0 Å². The first kappa shape index (κ1) is 15.5. The lowest BCUT2D eigenvalue weighted by atomic mass is 10.9. The largest absolute Gasteiger partial charge is 0.567 e. The molecule has 4 nitrogen and oxygen atoms in total. The minimum atomic E-state index is -1.47. The summed E-state index contributed by atoms with van der Waals surface area (Å²) in [5.41, 5.74) is 0. The van der Waals surface area contributed by atoms with Crippen LogP contribution in [0, 0.1) is 0 Å². The van der Waals surface area contributed by atoms with Crippen LogP contribution in [0.4, 0.5) is 0 Å². The second-order valence-electron chi connectivity index (χ2n) is 2.91. The molecule has 0 aliphatic heterocycles. The molecule has 0 saturated carbocycles. The molecule has 0 saturated heterocycles. The van der Waals surface area contributed by atoms with Gasteiger partial charge in [0.05, 0.1) is 0 Å². The fraction of sp³-hybridized carbons (Fsp3) is 1.00. The topological polar surface area (TPSA) is 39.7 Å². The molecule has 0 rings (SSSR count). The van der Waals surface area contributed by atoms with E-state index in [0.717, 1.165) is 6.04 Å². The van der Waals surface area contributed by atoms with Crippen LogP contribution >= 0.6 is 0 Å². The van der Waals surface area contributed by atoms with Gasteiger partial charge < -0.3 is 17.6 Å². The van der Waals surface area contributed by atoms with Crippen molar-refractivity contribution in [2.45, 2.75) is 39.8 Å². The van der Waals surface area contributed by atoms with E-state index < -0.39 is 18.7 Å². The molecule has 0 amide bonds. The Morgan fingerprint density at radius 3 is 2.13 bits per heavy atom. The highest BCUT2D eigenvalue weighted by molar-refractivity contribution is 6.65. The Morgan fingerprint density at radius 1 is 1.13 bits per heavy atom. The summed E-state index contributed by atoms with van der Waals surface area (Å²) >= 11 is 0. The zero-order valence-electron chi connectivity index (χ0n) is 10.2. The average Bonchev–Trinajstić information content (AvgIpc) is 2.24. The van der Waals surface area contributed by atoms with E-state index in [9.17, 15) is 0 Å². The van der Waals surface area contributed by atoms with Gasteiger partial charge >= 0.3 is 9.53 Å². The molecule has 2 radical (unpaired) electrons. The van der Waals surface area contributed by atoms with E-state index in [4.69, 9.17) is 13.0 Å². The summed E-state index contributed by atoms with van der Waals surface area (Å²) in [4.78, 5) is 0. The minimum Gasteiger partial charge on any atom is -0.403 e. The van der Waals surface area contributed by atoms with E-state index in [1.807, 2.05) is 13.8 Å². The summed E-state index contributed by atoms with van der Waals surface area (Å²) < 4.78 is 20.3. The van der Waals surface area contributed by atoms with Gasteiger partial charge in [0, 0.05) is 13.2 Å². The van der Waals surface area contributed by atoms with Crippen LogP contribution in [0.1, 0.15) is 27.7 Å². The average molecular weight is 266 g/mol. The molecule has 0 aromatic rings. The first-order valence-corrected chi connectivity index (χ1v) is 10.1. The highest BCUT2D eigenvalue weighted by Crippen LogP contribution is 1.98. The second kappa shape index (κ2) is 11.0. The van der Waals surface area contributed by atoms with Gasteiger partial charge in [0.15, 0.2) is 0 Å². The molecule has 1 unspecified atom stereocenters. The van der Waals surface area contributed by atoms with Crippen LogP contribution in [0.3, 0.4) is 0 Å². The predicted molar refractivity (Wildman–Crippen MR) is 68.5 cm³/mol. The third-order valence-corrected chi connectivity index (χ3v) is 8.18. The number of nitrogens with one attached hydrogen (secondary N) is 1. The number of hydrogen-bond acceptors (Lipinski definition) is 4. The zero-order valence-corrected chi connectivity index (χ0v) is 13.5. The summed E-state index contributed by atoms with van der Waals surface area (Å²) in [6.45, 7) is 9.64. The fourth-order valence-corrected chi connectivity index (χ4v) is 7.46. The van der Waals surface area contributed by atoms with Gasteiger partial charge in [0.2, 0.25) is 9.20 Å². The van der Waals surface area contributed by atoms with Crippen LogP contribution in [-0.4, -0.2) is 41.6 Å². The summed E-state index contributed by atoms with van der Waals surface area (Å²) in [7, 11) is -2.40. The van der Waals surface area contributed by atoms with Gasteiger partial charge in [-0.25, -0.2) is 0 Å². The minimum absolute atomic E-state index is 0.341. The van der Waals surface area contributed by atoms with Gasteiger partial charge in [0.1, 0.15) is 9.68 Å². The molecule has 15 heavy (non-hydrogen) atoms. The molecular formula is C8H23NO3Si3. The molecule has 7 heteroatoms. The molecular weight excluding hydrogens is 242 g/mol. The van der Waals surface area contributed by atoms with Crippen molar-refractivity contribution in [2.24, 2.45) is 0 Å². The van der Waals surface area contributed by atoms with Gasteiger partial charge in [-0.3, -0.25) is 0 Å². The molecule has 1 atom stereocenters. The van der Waals surface area contributed by atoms with Crippen molar-refractivity contribution in [3.8, 4) is 0 Å². The fourth-order valence-electron chi connectivity index (χ4n) is 0.946. The van der Waals surface area contributed by atoms with E-state index in [2.05, 4.69) is 18.5 Å². The summed E-state index contributed by atoms with van der Waals surface area (Å²) in [5.74, 6) is 0. The van der Waals surface area contributed by atoms with E-state index >= 15 is 0 Å². The quantitative estimate of drug-likeness (QED) is 0.590. The maximum atomic E-state index is 5.89. The third kappa shape index (κ3) is 8.31. The number of hydrogen-bond donors (Lipinski definition) is 1. The monoisotopic (exact) mass is 265 g/mol. The zero-order chi connectivity index (χ0) is 11.5. The maximum Gasteiger partial charge on any atom is 0.567 e. The second-order valence-corrected chi connectivity index (χ2v) is 9.28. The highest BCUT2D eigenvalue weighted by Gasteiger charge is 2.23. The Hall–Kier alpha value is 0.491. The molecule has 0 aromatic carbocycles. The van der Waals surface area contributed by atoms with Gasteiger partial charge in [-0.05, 0) is 19.9 Å². The highest BCUT2D eigenvalue weighted by atomic mass is 28.4. The van der Waals surface area contributed by atoms with Crippen LogP contribution in [-0.2, 0) is 13.0 Å². The lowest BCUT2D eigenvalue weighted by Crippen LogP contribution is -2.45. The summed E-state index contributed by atoms with van der Waals surface area (Å²) in [6, 6.07) is 2.31. The van der Waals surface area contributed by atoms with Crippen molar-refractivity contribution in [1.82, 2.24) is 4.65 Å². The normalized spacial score (nSPS) is 13.4. The molecule has 0 bridgehead atoms. The standard InChI is InChI=1S/C8H23NO3Si3/c1-5-10-15(11-6-2)12-14(8-4)9-13-7-3/h9,13-14H,5-8H2,1-4H3. The van der Waals surface area contributed by atoms with Crippen molar-refractivity contribution in [3.05, 3.63) is 0 Å². The van der Waals surface area contributed by atoms with E-state index in [1.165, 1.54) is 6.04 Å². The summed E-state index contributed by atoms with van der Waals surface area (Å²) in [5, 5.41) is 0. The predicted octanol–water partition coefficient (Wildman–Crippen LogP) is 0.681. The Bertz CT molecular complexity index is 136. The molecule has 0 aliphatic carbocycles. The van der Waals surface area contributed by atoms with Crippen molar-refractivity contribution >= 4 is 28.4 Å². The lowest BCUT2D eigenvalue weighted by molar-refractivity contribution is 0.152. The molecule has 90 valence electrons. The van der Waals surface area contributed by atoms with E-state index in [1.54, 1.807) is 0 Å². The Balaban J connectivity index is 3.85. The van der Waals surface area contributed by atoms with Crippen LogP contribution < -0.4 is 4.65 Å². The maximum absolute atomic E-state index is 5.89. The molecule has 0 fully saturated rings. The van der Waals surface area contributed by atoms with Crippen LogP contribution in [0.15, 0.2) is 0 Å². The van der Waals surface area contributed by atoms with E-state index in [0.29, 0.717) is 22.9 Å². The van der Waals surface area contributed by atoms with Crippen molar-refractivity contribution in [2.75, 3.05) is 13.2 Å². The third-order valence-electron chi connectivity index (χ3n) is 1.64. The Morgan fingerprint density at radius 2 is 1.73 bits per heavy atom. The van der Waals surface area contributed by atoms with Gasteiger partial charge in [-0.1, -0.05) is 19.9 Å². The smallest absolute Gasteiger partial charge is 0.403 e. The van der Waals surface area contributed by atoms with Crippen molar-refractivity contribution < 1.29 is 13.0 Å². The van der Waals surface area contributed by atoms with Gasteiger partial charge in [-0.15, -0.1) is 0 Å². The molecule has 0 spiro atoms. The first-order chi connectivity index (χ1) is 7.28. The number of rotatable bonds is 10. The summed E-state index contributed by atoms with van der Waals surface area (Å²) in [6.07, 6.45) is 0. The van der Waals surface area contributed by atoms with Gasteiger partial charge in [-0.2, -0.15) is 0 Å². The SMILES string of the molecule is CCO[Si](OCC)O[SiH](CC)N[SiH]CC. The Kier molecular flexibility index (Phi) is 11.3. The Labute approximate surface area is 99.4 Å². The first-order valence-electron chi connectivity index (χ1n) is 5.65. The molecule has 0 heterocycles. The molecule has 1 N–H and O–H groups in total. The van der Waals surface area contributed by atoms with Crippen LogP contribution in [0.2, 0.25) is 12.1 Å². The molecule has 0 aliphatic rings. The van der Waals surface area contributed by atoms with Crippen molar-refractivity contribution in [1.29, 1.82) is 0 Å². The van der Waals surface area contributed by atoms with Crippen LogP contribution in [0.25, 0.3) is 0 Å². The van der Waals surface area contributed by atoms with Crippen molar-refractivity contribution in [3.63, 3.8) is 0 Å². The molecule has 0 aromatic heterocycles. The van der Waals surface area contributed by atoms with Crippen LogP contribution in [0.5, 0.6) is 0 Å². The lowest BCUT2D eigenvalue weighted by Gasteiger charge is -2.20.